The highest BCUT2D eigenvalue weighted by molar-refractivity contribution is 8.00. The molecule has 0 heterocycles. The highest BCUT2D eigenvalue weighted by Crippen LogP contribution is 2.38. The van der Waals surface area contributed by atoms with Crippen molar-refractivity contribution in [3.05, 3.63) is 89.7 Å². The average Bonchev–Trinajstić information content (AvgIpc) is 2.60. The molecule has 0 aliphatic rings. The molecule has 3 aromatic carbocycles. The van der Waals surface area contributed by atoms with Gasteiger partial charge in [0.2, 0.25) is 0 Å². The van der Waals surface area contributed by atoms with Crippen molar-refractivity contribution in [2.75, 3.05) is 4.31 Å². The standard InChI is InChI=1S/C20H18FNOS/c1-15-8-5-6-13-19(15)24-22(14-16-9-3-2-4-10-16)18-12-7-11-17(21)20(18)23/h2-13,23H,14H2,1H3. The smallest absolute Gasteiger partial charge is 0.176 e. The van der Waals surface area contributed by atoms with Crippen LogP contribution in [0.15, 0.2) is 77.7 Å². The van der Waals surface area contributed by atoms with Gasteiger partial charge in [-0.1, -0.05) is 54.6 Å². The summed E-state index contributed by atoms with van der Waals surface area (Å²) in [6.45, 7) is 2.59. The van der Waals surface area contributed by atoms with Crippen molar-refractivity contribution >= 4 is 17.6 Å². The predicted molar refractivity (Wildman–Crippen MR) is 97.7 cm³/mol. The van der Waals surface area contributed by atoms with E-state index in [9.17, 15) is 9.50 Å². The van der Waals surface area contributed by atoms with E-state index in [1.54, 1.807) is 12.1 Å². The Kier molecular flexibility index (Phi) is 5.06. The first-order valence-corrected chi connectivity index (χ1v) is 8.45. The van der Waals surface area contributed by atoms with Crippen LogP contribution in [-0.4, -0.2) is 5.11 Å². The largest absolute Gasteiger partial charge is 0.503 e. The number of halogens is 1. The Balaban J connectivity index is 1.97. The monoisotopic (exact) mass is 339 g/mol. The third-order valence-corrected chi connectivity index (χ3v) is 4.91. The van der Waals surface area contributed by atoms with Gasteiger partial charge in [-0.3, -0.25) is 0 Å². The van der Waals surface area contributed by atoms with Gasteiger partial charge in [0.1, 0.15) is 0 Å². The van der Waals surface area contributed by atoms with Gasteiger partial charge in [-0.15, -0.1) is 0 Å². The lowest BCUT2D eigenvalue weighted by atomic mass is 10.2. The molecule has 3 rings (SSSR count). The van der Waals surface area contributed by atoms with Crippen molar-refractivity contribution in [3.8, 4) is 5.75 Å². The van der Waals surface area contributed by atoms with Gasteiger partial charge in [-0.2, -0.15) is 0 Å². The van der Waals surface area contributed by atoms with Gasteiger partial charge in [0.25, 0.3) is 0 Å². The van der Waals surface area contributed by atoms with Crippen molar-refractivity contribution in [2.45, 2.75) is 18.4 Å². The SMILES string of the molecule is Cc1ccccc1SN(Cc1ccccc1)c1cccc(F)c1O. The first-order chi connectivity index (χ1) is 11.6. The van der Waals surface area contributed by atoms with Crippen LogP contribution in [0.4, 0.5) is 10.1 Å². The van der Waals surface area contributed by atoms with E-state index in [0.717, 1.165) is 16.0 Å². The van der Waals surface area contributed by atoms with Crippen molar-refractivity contribution in [1.82, 2.24) is 0 Å². The first-order valence-electron chi connectivity index (χ1n) is 7.67. The van der Waals surface area contributed by atoms with Crippen LogP contribution < -0.4 is 4.31 Å². The van der Waals surface area contributed by atoms with Crippen molar-refractivity contribution in [1.29, 1.82) is 0 Å². The summed E-state index contributed by atoms with van der Waals surface area (Å²) in [5.74, 6) is -0.939. The van der Waals surface area contributed by atoms with E-state index in [-0.39, 0.29) is 5.75 Å². The number of nitrogens with zero attached hydrogens (tertiary/aromatic N) is 1. The van der Waals surface area contributed by atoms with Crippen molar-refractivity contribution < 1.29 is 9.50 Å². The molecule has 0 bridgehead atoms. The van der Waals surface area contributed by atoms with E-state index < -0.39 is 5.82 Å². The molecule has 0 saturated heterocycles. The Morgan fingerprint density at radius 1 is 0.917 bits per heavy atom. The first kappa shape index (κ1) is 16.4. The minimum absolute atomic E-state index is 0.325. The average molecular weight is 339 g/mol. The number of para-hydroxylation sites is 1. The second-order valence-corrected chi connectivity index (χ2v) is 6.55. The topological polar surface area (TPSA) is 23.5 Å². The number of aromatic hydroxyl groups is 1. The molecule has 2 nitrogen and oxygen atoms in total. The van der Waals surface area contributed by atoms with Crippen LogP contribution in [0.2, 0.25) is 0 Å². The van der Waals surface area contributed by atoms with Gasteiger partial charge < -0.3 is 9.41 Å². The Morgan fingerprint density at radius 2 is 1.62 bits per heavy atom. The summed E-state index contributed by atoms with van der Waals surface area (Å²) in [5.41, 5.74) is 2.69. The molecule has 0 aliphatic carbocycles. The number of anilines is 1. The number of rotatable bonds is 5. The maximum Gasteiger partial charge on any atom is 0.176 e. The fourth-order valence-corrected chi connectivity index (χ4v) is 3.45. The highest BCUT2D eigenvalue weighted by Gasteiger charge is 2.17. The molecule has 122 valence electrons. The molecule has 3 aromatic rings. The summed E-state index contributed by atoms with van der Waals surface area (Å²) >= 11 is 1.49. The highest BCUT2D eigenvalue weighted by atomic mass is 32.2. The number of phenols is 1. The Labute approximate surface area is 145 Å². The molecular formula is C20H18FNOS. The lowest BCUT2D eigenvalue weighted by molar-refractivity contribution is 0.433. The van der Waals surface area contributed by atoms with Crippen LogP contribution in [0.5, 0.6) is 5.75 Å². The lowest BCUT2D eigenvalue weighted by Gasteiger charge is -2.25. The maximum atomic E-state index is 13.8. The van der Waals surface area contributed by atoms with E-state index in [4.69, 9.17) is 0 Å². The van der Waals surface area contributed by atoms with Crippen LogP contribution in [0.25, 0.3) is 0 Å². The van der Waals surface area contributed by atoms with Crippen LogP contribution in [0, 0.1) is 12.7 Å². The maximum absolute atomic E-state index is 13.8. The summed E-state index contributed by atoms with van der Waals surface area (Å²) in [4.78, 5) is 1.07. The number of aryl methyl sites for hydroxylation is 1. The van der Waals surface area contributed by atoms with Gasteiger partial charge in [-0.25, -0.2) is 4.39 Å². The summed E-state index contributed by atoms with van der Waals surface area (Å²) in [6.07, 6.45) is 0. The molecule has 0 spiro atoms. The fourth-order valence-electron chi connectivity index (χ4n) is 2.40. The third-order valence-electron chi connectivity index (χ3n) is 3.71. The molecule has 4 heteroatoms. The molecule has 24 heavy (non-hydrogen) atoms. The molecule has 0 aliphatic heterocycles. The molecule has 1 N–H and O–H groups in total. The van der Waals surface area contributed by atoms with E-state index in [1.165, 1.54) is 18.0 Å². The molecule has 0 amide bonds. The summed E-state index contributed by atoms with van der Waals surface area (Å²) in [5, 5.41) is 10.2. The third kappa shape index (κ3) is 3.71. The number of hydrogen-bond donors (Lipinski definition) is 1. The van der Waals surface area contributed by atoms with Gasteiger partial charge >= 0.3 is 0 Å². The minimum Gasteiger partial charge on any atom is -0.503 e. The molecule has 0 aromatic heterocycles. The van der Waals surface area contributed by atoms with Crippen LogP contribution in [0.1, 0.15) is 11.1 Å². The summed E-state index contributed by atoms with van der Waals surface area (Å²) in [6, 6.07) is 22.6. The second kappa shape index (κ2) is 7.41. The minimum atomic E-state index is -0.615. The zero-order valence-electron chi connectivity index (χ0n) is 13.3. The van der Waals surface area contributed by atoms with Crippen LogP contribution in [-0.2, 0) is 6.54 Å². The molecule has 0 unspecified atom stereocenters. The van der Waals surface area contributed by atoms with E-state index in [1.807, 2.05) is 65.8 Å². The Hall–Kier alpha value is -2.46. The number of phenolic OH excluding ortho intramolecular Hbond substituents is 1. The molecule has 0 atom stereocenters. The van der Waals surface area contributed by atoms with Crippen LogP contribution >= 0.6 is 11.9 Å². The zero-order chi connectivity index (χ0) is 16.9. The second-order valence-electron chi connectivity index (χ2n) is 5.49. The zero-order valence-corrected chi connectivity index (χ0v) is 14.1. The predicted octanol–water partition coefficient (Wildman–Crippen LogP) is 5.55. The van der Waals surface area contributed by atoms with Crippen molar-refractivity contribution in [2.24, 2.45) is 0 Å². The van der Waals surface area contributed by atoms with Gasteiger partial charge in [0, 0.05) is 4.90 Å². The number of hydrogen-bond acceptors (Lipinski definition) is 3. The van der Waals surface area contributed by atoms with Gasteiger partial charge in [-0.05, 0) is 48.2 Å². The van der Waals surface area contributed by atoms with Gasteiger partial charge in [0.05, 0.1) is 12.2 Å². The Morgan fingerprint density at radius 3 is 2.38 bits per heavy atom. The van der Waals surface area contributed by atoms with E-state index >= 15 is 0 Å². The fraction of sp³-hybridized carbons (Fsp3) is 0.100. The molecule has 0 radical (unpaired) electrons. The van der Waals surface area contributed by atoms with E-state index in [0.29, 0.717) is 12.2 Å². The number of benzene rings is 3. The molecule has 0 fully saturated rings. The normalized spacial score (nSPS) is 10.6. The quantitative estimate of drug-likeness (QED) is 0.616. The summed E-state index contributed by atoms with van der Waals surface area (Å²) < 4.78 is 15.7. The molecule has 0 saturated carbocycles. The molecular weight excluding hydrogens is 321 g/mol. The van der Waals surface area contributed by atoms with E-state index in [2.05, 4.69) is 0 Å². The Bertz CT molecular complexity index is 823. The van der Waals surface area contributed by atoms with Gasteiger partial charge in [0.15, 0.2) is 11.6 Å². The lowest BCUT2D eigenvalue weighted by Crippen LogP contribution is -2.14. The van der Waals surface area contributed by atoms with Crippen molar-refractivity contribution in [3.63, 3.8) is 0 Å². The van der Waals surface area contributed by atoms with Crippen LogP contribution in [0.3, 0.4) is 0 Å². The summed E-state index contributed by atoms with van der Waals surface area (Å²) in [7, 11) is 0.